The molecule has 0 radical (unpaired) electrons. The normalized spacial score (nSPS) is 11.0. The molecule has 0 saturated heterocycles. The van der Waals surface area contributed by atoms with E-state index in [4.69, 9.17) is 4.98 Å². The van der Waals surface area contributed by atoms with Crippen molar-refractivity contribution in [3.8, 4) is 0 Å². The number of pyridine rings is 1. The summed E-state index contributed by atoms with van der Waals surface area (Å²) in [6, 6.07) is 10.5. The van der Waals surface area contributed by atoms with Gasteiger partial charge >= 0.3 is 0 Å². The van der Waals surface area contributed by atoms with Crippen molar-refractivity contribution in [3.63, 3.8) is 0 Å². The molecule has 5 heteroatoms. The highest BCUT2D eigenvalue weighted by molar-refractivity contribution is 5.91. The zero-order chi connectivity index (χ0) is 14.7. The van der Waals surface area contributed by atoms with Crippen LogP contribution in [0.5, 0.6) is 0 Å². The van der Waals surface area contributed by atoms with Crippen molar-refractivity contribution in [1.82, 2.24) is 20.2 Å². The third-order valence-corrected chi connectivity index (χ3v) is 3.52. The lowest BCUT2D eigenvalue weighted by atomic mass is 10.1. The summed E-state index contributed by atoms with van der Waals surface area (Å²) in [4.78, 5) is 11.1. The summed E-state index contributed by atoms with van der Waals surface area (Å²) >= 11 is 0. The number of anilines is 1. The van der Waals surface area contributed by atoms with E-state index in [0.29, 0.717) is 6.54 Å². The summed E-state index contributed by atoms with van der Waals surface area (Å²) in [5.74, 6) is 0.857. The van der Waals surface area contributed by atoms with E-state index in [0.717, 1.165) is 29.9 Å². The van der Waals surface area contributed by atoms with E-state index >= 15 is 0 Å². The molecule has 0 atom stereocenters. The number of aromatic amines is 1. The molecule has 2 heterocycles. The summed E-state index contributed by atoms with van der Waals surface area (Å²) in [7, 11) is 2.07. The molecule has 0 amide bonds. The highest BCUT2D eigenvalue weighted by atomic mass is 15.2. The molecule has 2 aromatic heterocycles. The predicted octanol–water partition coefficient (Wildman–Crippen LogP) is 2.94. The van der Waals surface area contributed by atoms with Gasteiger partial charge in [-0.1, -0.05) is 31.5 Å². The maximum Gasteiger partial charge on any atom is 0.143 e. The van der Waals surface area contributed by atoms with Gasteiger partial charge in [-0.3, -0.25) is 10.1 Å². The van der Waals surface area contributed by atoms with Crippen LogP contribution >= 0.6 is 0 Å². The molecule has 3 rings (SSSR count). The molecule has 21 heavy (non-hydrogen) atoms. The second kappa shape index (κ2) is 5.91. The quantitative estimate of drug-likeness (QED) is 0.781. The number of H-pyrrole nitrogens is 1. The minimum Gasteiger partial charge on any atom is -0.366 e. The smallest absolute Gasteiger partial charge is 0.143 e. The van der Waals surface area contributed by atoms with E-state index in [-0.39, 0.29) is 0 Å². The van der Waals surface area contributed by atoms with Gasteiger partial charge in [0, 0.05) is 23.8 Å². The molecule has 0 fully saturated rings. The minimum atomic E-state index is 0.694. The van der Waals surface area contributed by atoms with Crippen LogP contribution in [-0.2, 0) is 13.0 Å². The molecule has 0 unspecified atom stereocenters. The molecule has 0 aliphatic carbocycles. The molecule has 1 aromatic carbocycles. The number of para-hydroxylation sites is 1. The molecule has 0 saturated carbocycles. The molecule has 0 aliphatic rings. The van der Waals surface area contributed by atoms with Gasteiger partial charge in [0.15, 0.2) is 0 Å². The Morgan fingerprint density at radius 1 is 1.24 bits per heavy atom. The van der Waals surface area contributed by atoms with Gasteiger partial charge in [0.05, 0.1) is 12.1 Å². The third-order valence-electron chi connectivity index (χ3n) is 3.52. The average molecular weight is 281 g/mol. The first-order valence-electron chi connectivity index (χ1n) is 7.22. The number of aromatic nitrogens is 4. The van der Waals surface area contributed by atoms with Gasteiger partial charge < -0.3 is 4.90 Å². The molecular weight excluding hydrogens is 262 g/mol. The molecule has 5 nitrogen and oxygen atoms in total. The number of hydrogen-bond donors (Lipinski definition) is 1. The maximum absolute atomic E-state index is 4.74. The Hall–Kier alpha value is -2.43. The highest BCUT2D eigenvalue weighted by Crippen LogP contribution is 2.27. The Morgan fingerprint density at radius 3 is 2.86 bits per heavy atom. The zero-order valence-electron chi connectivity index (χ0n) is 12.4. The van der Waals surface area contributed by atoms with Gasteiger partial charge in [-0.15, -0.1) is 0 Å². The summed E-state index contributed by atoms with van der Waals surface area (Å²) in [5.41, 5.74) is 3.36. The van der Waals surface area contributed by atoms with Gasteiger partial charge in [-0.25, -0.2) is 4.98 Å². The van der Waals surface area contributed by atoms with Crippen LogP contribution in [0.4, 0.5) is 5.69 Å². The Labute approximate surface area is 124 Å². The molecular formula is C16H19N5. The van der Waals surface area contributed by atoms with Crippen molar-refractivity contribution in [1.29, 1.82) is 0 Å². The SMILES string of the molecule is CCCc1cc(N(C)Cc2ncn[nH]2)c2ccccc2n1. The largest absolute Gasteiger partial charge is 0.366 e. The van der Waals surface area contributed by atoms with Crippen LogP contribution in [0, 0.1) is 0 Å². The van der Waals surface area contributed by atoms with Crippen LogP contribution in [-0.4, -0.2) is 27.2 Å². The summed E-state index contributed by atoms with van der Waals surface area (Å²) in [6.45, 7) is 2.87. The number of fused-ring (bicyclic) bond motifs is 1. The van der Waals surface area contributed by atoms with Crippen LogP contribution in [0.3, 0.4) is 0 Å². The second-order valence-corrected chi connectivity index (χ2v) is 5.19. The highest BCUT2D eigenvalue weighted by Gasteiger charge is 2.11. The van der Waals surface area contributed by atoms with Crippen molar-refractivity contribution >= 4 is 16.6 Å². The third kappa shape index (κ3) is 2.86. The Morgan fingerprint density at radius 2 is 2.10 bits per heavy atom. The zero-order valence-corrected chi connectivity index (χ0v) is 12.4. The number of nitrogens with one attached hydrogen (secondary N) is 1. The Bertz CT molecular complexity index is 721. The van der Waals surface area contributed by atoms with Gasteiger partial charge in [0.2, 0.25) is 0 Å². The lowest BCUT2D eigenvalue weighted by Crippen LogP contribution is -2.18. The van der Waals surface area contributed by atoms with Crippen molar-refractivity contribution in [2.45, 2.75) is 26.3 Å². The van der Waals surface area contributed by atoms with Crippen LogP contribution in [0.2, 0.25) is 0 Å². The summed E-state index contributed by atoms with van der Waals surface area (Å²) in [6.07, 6.45) is 3.63. The van der Waals surface area contributed by atoms with Crippen molar-refractivity contribution in [2.24, 2.45) is 0 Å². The van der Waals surface area contributed by atoms with Gasteiger partial charge in [-0.2, -0.15) is 5.10 Å². The minimum absolute atomic E-state index is 0.694. The summed E-state index contributed by atoms with van der Waals surface area (Å²) < 4.78 is 0. The molecule has 3 aromatic rings. The van der Waals surface area contributed by atoms with E-state index in [2.05, 4.69) is 58.3 Å². The second-order valence-electron chi connectivity index (χ2n) is 5.19. The number of nitrogens with zero attached hydrogens (tertiary/aromatic N) is 4. The predicted molar refractivity (Wildman–Crippen MR) is 84.2 cm³/mol. The first kappa shape index (κ1) is 13.5. The fraction of sp³-hybridized carbons (Fsp3) is 0.312. The fourth-order valence-corrected chi connectivity index (χ4v) is 2.53. The van der Waals surface area contributed by atoms with Crippen LogP contribution in [0.15, 0.2) is 36.7 Å². The standard InChI is InChI=1S/C16H19N5/c1-3-6-12-9-15(13-7-4-5-8-14(13)19-12)21(2)10-16-17-11-18-20-16/h4-5,7-9,11H,3,6,10H2,1-2H3,(H,17,18,20). The van der Waals surface area contributed by atoms with Gasteiger partial charge in [-0.05, 0) is 18.6 Å². The number of aryl methyl sites for hydroxylation is 1. The lowest BCUT2D eigenvalue weighted by molar-refractivity contribution is 0.840. The van der Waals surface area contributed by atoms with Gasteiger partial charge in [0.25, 0.3) is 0 Å². The first-order valence-corrected chi connectivity index (χ1v) is 7.22. The number of rotatable bonds is 5. The van der Waals surface area contributed by atoms with Crippen LogP contribution in [0.1, 0.15) is 24.9 Å². The van der Waals surface area contributed by atoms with E-state index < -0.39 is 0 Å². The fourth-order valence-electron chi connectivity index (χ4n) is 2.53. The van der Waals surface area contributed by atoms with E-state index in [1.807, 2.05) is 6.07 Å². The van der Waals surface area contributed by atoms with Crippen molar-refractivity contribution in [3.05, 3.63) is 48.2 Å². The van der Waals surface area contributed by atoms with E-state index in [1.54, 1.807) is 0 Å². The Balaban J connectivity index is 2.02. The molecule has 108 valence electrons. The Kier molecular flexibility index (Phi) is 3.81. The van der Waals surface area contributed by atoms with Crippen molar-refractivity contribution in [2.75, 3.05) is 11.9 Å². The summed E-state index contributed by atoms with van der Waals surface area (Å²) in [5, 5.41) is 7.98. The van der Waals surface area contributed by atoms with E-state index in [9.17, 15) is 0 Å². The molecule has 0 spiro atoms. The lowest BCUT2D eigenvalue weighted by Gasteiger charge is -2.20. The maximum atomic E-state index is 4.74. The molecule has 1 N–H and O–H groups in total. The topological polar surface area (TPSA) is 57.7 Å². The van der Waals surface area contributed by atoms with Crippen molar-refractivity contribution < 1.29 is 0 Å². The van der Waals surface area contributed by atoms with Crippen LogP contribution in [0.25, 0.3) is 10.9 Å². The van der Waals surface area contributed by atoms with Gasteiger partial charge in [0.1, 0.15) is 12.2 Å². The monoisotopic (exact) mass is 281 g/mol. The molecule has 0 bridgehead atoms. The molecule has 0 aliphatic heterocycles. The number of benzene rings is 1. The first-order chi connectivity index (χ1) is 10.3. The van der Waals surface area contributed by atoms with E-state index in [1.165, 1.54) is 17.4 Å². The number of hydrogen-bond acceptors (Lipinski definition) is 4. The average Bonchev–Trinajstić information content (AvgIpc) is 2.99. The van der Waals surface area contributed by atoms with Crippen LogP contribution < -0.4 is 4.90 Å².